The number of ether oxygens (including phenoxy) is 1. The quantitative estimate of drug-likeness (QED) is 0.556. The van der Waals surface area contributed by atoms with Gasteiger partial charge in [0.1, 0.15) is 0 Å². The normalized spacial score (nSPS) is 9.62. The number of carbonyl (C=O) groups is 2. The molecule has 0 saturated carbocycles. The number of methoxy groups -OCH3 is 1. The number of nitrogens with one attached hydrogen (secondary N) is 3. The Kier molecular flexibility index (Phi) is 7.17. The van der Waals surface area contributed by atoms with E-state index in [9.17, 15) is 9.59 Å². The lowest BCUT2D eigenvalue weighted by Gasteiger charge is -2.13. The third-order valence-electron chi connectivity index (χ3n) is 2.77. The Bertz CT molecular complexity index is 520. The Labute approximate surface area is 129 Å². The Morgan fingerprint density at radius 1 is 1.38 bits per heavy atom. The number of rotatable bonds is 6. The molecule has 0 spiro atoms. The van der Waals surface area contributed by atoms with Crippen LogP contribution in [0, 0.1) is 0 Å². The smallest absolute Gasteiger partial charge is 0.413 e. The molecule has 0 heterocycles. The van der Waals surface area contributed by atoms with Gasteiger partial charge in [-0.2, -0.15) is 0 Å². The predicted octanol–water partition coefficient (Wildman–Crippen LogP) is 2.65. The molecule has 6 nitrogen and oxygen atoms in total. The van der Waals surface area contributed by atoms with E-state index in [2.05, 4.69) is 27.6 Å². The Morgan fingerprint density at radius 3 is 2.76 bits per heavy atom. The van der Waals surface area contributed by atoms with Gasteiger partial charge in [0, 0.05) is 0 Å². The minimum atomic E-state index is -0.656. The minimum absolute atomic E-state index is 0.0945. The van der Waals surface area contributed by atoms with E-state index in [0.29, 0.717) is 17.8 Å². The maximum absolute atomic E-state index is 11.1. The fourth-order valence-corrected chi connectivity index (χ4v) is 1.91. The molecular formula is C14H19N3O3S. The van der Waals surface area contributed by atoms with Crippen LogP contribution in [0.2, 0.25) is 0 Å². The summed E-state index contributed by atoms with van der Waals surface area (Å²) < 4.78 is 4.45. The van der Waals surface area contributed by atoms with Crippen molar-refractivity contribution in [3.63, 3.8) is 0 Å². The second-order valence-corrected chi connectivity index (χ2v) is 4.72. The fraction of sp³-hybridized carbons (Fsp3) is 0.357. The third-order valence-corrected chi connectivity index (χ3v) is 2.97. The van der Waals surface area contributed by atoms with Crippen molar-refractivity contribution < 1.29 is 14.3 Å². The average molecular weight is 309 g/mol. The highest BCUT2D eigenvalue weighted by Gasteiger charge is 2.08. The third kappa shape index (κ3) is 5.78. The molecule has 0 aliphatic heterocycles. The summed E-state index contributed by atoms with van der Waals surface area (Å²) in [5, 5.41) is 7.89. The lowest BCUT2D eigenvalue weighted by Crippen LogP contribution is -2.34. The van der Waals surface area contributed by atoms with Gasteiger partial charge in [-0.3, -0.25) is 10.1 Å². The number of carbonyl (C=O) groups excluding carboxylic acids is 2. The number of aryl methyl sites for hydroxylation is 1. The zero-order valence-electron chi connectivity index (χ0n) is 12.1. The molecule has 21 heavy (non-hydrogen) atoms. The molecule has 0 aliphatic rings. The molecule has 0 bridgehead atoms. The molecule has 1 aromatic carbocycles. The second kappa shape index (κ2) is 8.91. The minimum Gasteiger partial charge on any atom is -0.453 e. The molecular weight excluding hydrogens is 290 g/mol. The van der Waals surface area contributed by atoms with Crippen molar-refractivity contribution in [1.82, 2.24) is 5.32 Å². The van der Waals surface area contributed by atoms with Gasteiger partial charge in [-0.1, -0.05) is 19.4 Å². The number of alkyl carbamates (subject to hydrolysis) is 1. The van der Waals surface area contributed by atoms with Gasteiger partial charge in [0.15, 0.2) is 5.11 Å². The van der Waals surface area contributed by atoms with Gasteiger partial charge in [-0.25, -0.2) is 4.79 Å². The van der Waals surface area contributed by atoms with Gasteiger partial charge in [-0.15, -0.1) is 0 Å². The molecule has 0 saturated heterocycles. The molecule has 0 fully saturated rings. The summed E-state index contributed by atoms with van der Waals surface area (Å²) in [4.78, 5) is 21.8. The highest BCUT2D eigenvalue weighted by atomic mass is 32.1. The Morgan fingerprint density at radius 2 is 2.14 bits per heavy atom. The first-order valence-corrected chi connectivity index (χ1v) is 7.00. The summed E-state index contributed by atoms with van der Waals surface area (Å²) in [5.74, 6) is 0. The van der Waals surface area contributed by atoms with E-state index in [1.54, 1.807) is 0 Å². The number of anilines is 2. The number of unbranched alkanes of at least 4 members (excludes halogenated alkanes) is 1. The number of hydrogen-bond donors (Lipinski definition) is 3. The largest absolute Gasteiger partial charge is 0.453 e. The first-order valence-electron chi connectivity index (χ1n) is 6.59. The lowest BCUT2D eigenvalue weighted by molar-refractivity contribution is -0.105. The highest BCUT2D eigenvalue weighted by molar-refractivity contribution is 7.80. The molecule has 0 atom stereocenters. The van der Waals surface area contributed by atoms with E-state index in [1.165, 1.54) is 7.11 Å². The van der Waals surface area contributed by atoms with Crippen LogP contribution in [0.4, 0.5) is 16.2 Å². The van der Waals surface area contributed by atoms with Gasteiger partial charge in [0.25, 0.3) is 0 Å². The van der Waals surface area contributed by atoms with Gasteiger partial charge >= 0.3 is 6.09 Å². The van der Waals surface area contributed by atoms with E-state index in [4.69, 9.17) is 12.2 Å². The maximum Gasteiger partial charge on any atom is 0.413 e. The Hall–Kier alpha value is -2.15. The van der Waals surface area contributed by atoms with Crippen molar-refractivity contribution in [2.45, 2.75) is 26.2 Å². The first-order chi connectivity index (χ1) is 10.1. The topological polar surface area (TPSA) is 79.5 Å². The van der Waals surface area contributed by atoms with Gasteiger partial charge < -0.3 is 15.4 Å². The summed E-state index contributed by atoms with van der Waals surface area (Å²) in [6, 6.07) is 5.64. The number of amides is 2. The number of benzene rings is 1. The molecule has 0 aliphatic carbocycles. The SMILES string of the molecule is CCCCc1ccc(NC(=S)NC(=O)OC)c(NC=O)c1. The zero-order chi connectivity index (χ0) is 15.7. The highest BCUT2D eigenvalue weighted by Crippen LogP contribution is 2.23. The van der Waals surface area contributed by atoms with E-state index in [0.717, 1.165) is 24.8 Å². The first kappa shape index (κ1) is 16.9. The van der Waals surface area contributed by atoms with Gasteiger partial charge in [0.05, 0.1) is 18.5 Å². The molecule has 2 amide bonds. The van der Waals surface area contributed by atoms with Crippen LogP contribution in [0.25, 0.3) is 0 Å². The van der Waals surface area contributed by atoms with Crippen LogP contribution in [0.5, 0.6) is 0 Å². The summed E-state index contributed by atoms with van der Waals surface area (Å²) in [6.07, 6.45) is 3.06. The molecule has 3 N–H and O–H groups in total. The fourth-order valence-electron chi connectivity index (χ4n) is 1.72. The number of hydrogen-bond acceptors (Lipinski definition) is 4. The van der Waals surface area contributed by atoms with Crippen molar-refractivity contribution in [2.24, 2.45) is 0 Å². The van der Waals surface area contributed by atoms with E-state index >= 15 is 0 Å². The van der Waals surface area contributed by atoms with Gasteiger partial charge in [-0.05, 0) is 42.8 Å². The van der Waals surface area contributed by atoms with E-state index in [-0.39, 0.29) is 5.11 Å². The summed E-state index contributed by atoms with van der Waals surface area (Å²) in [7, 11) is 1.25. The van der Waals surface area contributed by atoms with E-state index in [1.807, 2.05) is 18.2 Å². The molecule has 7 heteroatoms. The molecule has 114 valence electrons. The average Bonchev–Trinajstić information content (AvgIpc) is 2.47. The van der Waals surface area contributed by atoms with Crippen LogP contribution in [0.3, 0.4) is 0 Å². The molecule has 1 rings (SSSR count). The molecule has 1 aromatic rings. The zero-order valence-corrected chi connectivity index (χ0v) is 12.9. The summed E-state index contributed by atoms with van der Waals surface area (Å²) in [5.41, 5.74) is 2.33. The maximum atomic E-state index is 11.1. The summed E-state index contributed by atoms with van der Waals surface area (Å²) in [6.45, 7) is 2.12. The summed E-state index contributed by atoms with van der Waals surface area (Å²) >= 11 is 4.99. The Balaban J connectivity index is 2.82. The van der Waals surface area contributed by atoms with Crippen molar-refractivity contribution in [1.29, 1.82) is 0 Å². The van der Waals surface area contributed by atoms with Crippen LogP contribution in [0.15, 0.2) is 18.2 Å². The van der Waals surface area contributed by atoms with Gasteiger partial charge in [0.2, 0.25) is 6.41 Å². The van der Waals surface area contributed by atoms with E-state index < -0.39 is 6.09 Å². The standard InChI is InChI=1S/C14H19N3O3S/c1-3-4-5-10-6-7-11(12(8-10)15-9-18)16-13(21)17-14(19)20-2/h6-9H,3-5H2,1-2H3,(H,15,18)(H2,16,17,19,21). The molecule has 0 unspecified atom stereocenters. The van der Waals surface area contributed by atoms with Crippen LogP contribution < -0.4 is 16.0 Å². The van der Waals surface area contributed by atoms with Crippen molar-refractivity contribution >= 4 is 41.2 Å². The number of thiocarbonyl (C=S) groups is 1. The predicted molar refractivity (Wildman–Crippen MR) is 86.5 cm³/mol. The van der Waals surface area contributed by atoms with Crippen LogP contribution in [0.1, 0.15) is 25.3 Å². The van der Waals surface area contributed by atoms with Crippen LogP contribution in [-0.4, -0.2) is 24.7 Å². The molecule has 0 aromatic heterocycles. The molecule has 0 radical (unpaired) electrons. The lowest BCUT2D eigenvalue weighted by atomic mass is 10.1. The monoisotopic (exact) mass is 309 g/mol. The second-order valence-electron chi connectivity index (χ2n) is 4.32. The van der Waals surface area contributed by atoms with Crippen molar-refractivity contribution in [3.05, 3.63) is 23.8 Å². The van der Waals surface area contributed by atoms with Crippen molar-refractivity contribution in [2.75, 3.05) is 17.7 Å². The van der Waals surface area contributed by atoms with Crippen LogP contribution >= 0.6 is 12.2 Å². The van der Waals surface area contributed by atoms with Crippen LogP contribution in [-0.2, 0) is 16.0 Å². The van der Waals surface area contributed by atoms with Crippen molar-refractivity contribution in [3.8, 4) is 0 Å².